The number of phenols is 1. The van der Waals surface area contributed by atoms with E-state index in [0.29, 0.717) is 11.1 Å². The van der Waals surface area contributed by atoms with Crippen LogP contribution in [0.25, 0.3) is 6.08 Å². The van der Waals surface area contributed by atoms with E-state index in [9.17, 15) is 27.9 Å². The fourth-order valence-electron chi connectivity index (χ4n) is 3.94. The van der Waals surface area contributed by atoms with Gasteiger partial charge in [-0.15, -0.1) is 0 Å². The van der Waals surface area contributed by atoms with E-state index in [1.54, 1.807) is 12.1 Å². The number of carbonyl (C=O) groups excluding carboxylic acids is 2. The number of halogens is 3. The molecule has 32 heavy (non-hydrogen) atoms. The molecule has 2 aliphatic rings. The van der Waals surface area contributed by atoms with Gasteiger partial charge in [0.2, 0.25) is 5.78 Å². The van der Waals surface area contributed by atoms with Gasteiger partial charge in [0.05, 0.1) is 12.0 Å². The molecule has 0 saturated carbocycles. The molecule has 2 aliphatic heterocycles. The Labute approximate surface area is 179 Å². The summed E-state index contributed by atoms with van der Waals surface area (Å²) in [4.78, 5) is 25.0. The summed E-state index contributed by atoms with van der Waals surface area (Å²) < 4.78 is 51.5. The Morgan fingerprint density at radius 1 is 0.969 bits per heavy atom. The largest absolute Gasteiger partial charge is 0.508 e. The van der Waals surface area contributed by atoms with Gasteiger partial charge in [-0.25, -0.2) is 13.2 Å². The molecule has 5 nitrogen and oxygen atoms in total. The Balaban J connectivity index is 1.61. The number of phenolic OH excluding ortho intramolecular Hbond substituents is 1. The minimum Gasteiger partial charge on any atom is -0.508 e. The van der Waals surface area contributed by atoms with Crippen molar-refractivity contribution in [2.75, 3.05) is 0 Å². The molecule has 1 N–H and O–H groups in total. The predicted molar refractivity (Wildman–Crippen MR) is 106 cm³/mol. The summed E-state index contributed by atoms with van der Waals surface area (Å²) in [5.74, 6) is -5.83. The Morgan fingerprint density at radius 3 is 2.44 bits per heavy atom. The summed E-state index contributed by atoms with van der Waals surface area (Å²) in [6.45, 7) is 0. The lowest BCUT2D eigenvalue weighted by Gasteiger charge is -2.26. The molecule has 0 aromatic heterocycles. The summed E-state index contributed by atoms with van der Waals surface area (Å²) in [6.07, 6.45) is 1.07. The lowest BCUT2D eigenvalue weighted by molar-refractivity contribution is -0.135. The molecule has 0 amide bonds. The van der Waals surface area contributed by atoms with Crippen molar-refractivity contribution in [3.63, 3.8) is 0 Å². The highest BCUT2D eigenvalue weighted by atomic mass is 19.2. The van der Waals surface area contributed by atoms with Crippen LogP contribution in [0.1, 0.15) is 39.4 Å². The molecule has 0 bridgehead atoms. The first-order valence-corrected chi connectivity index (χ1v) is 9.57. The molecular formula is C24H13F3O5. The molecule has 8 heteroatoms. The zero-order valence-electron chi connectivity index (χ0n) is 16.2. The van der Waals surface area contributed by atoms with Gasteiger partial charge in [0.15, 0.2) is 23.2 Å². The van der Waals surface area contributed by atoms with Gasteiger partial charge in [0.25, 0.3) is 0 Å². The molecule has 3 aromatic carbocycles. The number of fused-ring (bicyclic) bond motifs is 3. The number of carbonyl (C=O) groups is 2. The van der Waals surface area contributed by atoms with Crippen molar-refractivity contribution in [3.8, 4) is 17.2 Å². The highest BCUT2D eigenvalue weighted by Gasteiger charge is 2.38. The molecule has 3 aromatic rings. The van der Waals surface area contributed by atoms with E-state index in [2.05, 4.69) is 0 Å². The lowest BCUT2D eigenvalue weighted by atomic mass is 9.84. The molecule has 160 valence electrons. The van der Waals surface area contributed by atoms with Crippen LogP contribution in [-0.2, 0) is 4.79 Å². The van der Waals surface area contributed by atoms with Crippen molar-refractivity contribution in [1.82, 2.24) is 0 Å². The van der Waals surface area contributed by atoms with Crippen molar-refractivity contribution in [2.24, 2.45) is 0 Å². The van der Waals surface area contributed by atoms with Crippen molar-refractivity contribution in [1.29, 1.82) is 0 Å². The quantitative estimate of drug-likeness (QED) is 0.268. The average Bonchev–Trinajstić information content (AvgIpc) is 3.06. The number of ether oxygens (including phenoxy) is 2. The number of aromatic hydroxyl groups is 1. The van der Waals surface area contributed by atoms with Crippen LogP contribution in [0, 0.1) is 17.5 Å². The zero-order valence-corrected chi connectivity index (χ0v) is 16.2. The molecule has 0 saturated heterocycles. The van der Waals surface area contributed by atoms with Crippen LogP contribution in [-0.4, -0.2) is 16.9 Å². The minimum atomic E-state index is -1.61. The first-order valence-electron chi connectivity index (χ1n) is 9.57. The van der Waals surface area contributed by atoms with E-state index in [1.165, 1.54) is 24.3 Å². The third-order valence-electron chi connectivity index (χ3n) is 5.36. The average molecular weight is 438 g/mol. The first kappa shape index (κ1) is 19.9. The molecule has 0 aliphatic carbocycles. The number of ketones is 1. The maximum Gasteiger partial charge on any atom is 0.312 e. The van der Waals surface area contributed by atoms with E-state index < -0.39 is 35.1 Å². The van der Waals surface area contributed by atoms with Crippen molar-refractivity contribution in [3.05, 3.63) is 94.0 Å². The van der Waals surface area contributed by atoms with E-state index in [0.717, 1.165) is 18.2 Å². The normalized spacial score (nSPS) is 18.2. The smallest absolute Gasteiger partial charge is 0.312 e. The highest BCUT2D eigenvalue weighted by molar-refractivity contribution is 6.15. The summed E-state index contributed by atoms with van der Waals surface area (Å²) in [5, 5.41) is 9.86. The van der Waals surface area contributed by atoms with Crippen LogP contribution in [0.3, 0.4) is 0 Å². The Hall–Kier alpha value is -4.07. The number of allylic oxidation sites excluding steroid dienone is 1. The van der Waals surface area contributed by atoms with Gasteiger partial charge in [-0.1, -0.05) is 12.1 Å². The first-order chi connectivity index (χ1) is 15.3. The number of esters is 1. The number of Topliss-reactive ketones (excluding diaryl/α,β-unsaturated/α-hetero) is 1. The van der Waals surface area contributed by atoms with Crippen LogP contribution in [0.15, 0.2) is 54.3 Å². The van der Waals surface area contributed by atoms with Crippen LogP contribution >= 0.6 is 0 Å². The fourth-order valence-corrected chi connectivity index (χ4v) is 3.94. The van der Waals surface area contributed by atoms with Crippen LogP contribution in [0.5, 0.6) is 17.2 Å². The third kappa shape index (κ3) is 3.20. The van der Waals surface area contributed by atoms with E-state index in [-0.39, 0.29) is 40.6 Å². The van der Waals surface area contributed by atoms with Gasteiger partial charge in [-0.3, -0.25) is 9.59 Å². The molecule has 0 unspecified atom stereocenters. The van der Waals surface area contributed by atoms with Gasteiger partial charge >= 0.3 is 5.97 Å². The second-order valence-corrected chi connectivity index (χ2v) is 7.42. The number of benzene rings is 3. The van der Waals surface area contributed by atoms with Crippen LogP contribution < -0.4 is 9.47 Å². The van der Waals surface area contributed by atoms with Gasteiger partial charge in [-0.05, 0) is 53.6 Å². The standard InChI is InChI=1S/C24H13F3O5/c25-16-6-11(7-17(26)22(16)27)8-19-23(30)14-4-5-18-21(24(14)32-19)15(10-20(29)31-18)12-2-1-3-13(28)9-12/h1-9,15,28H,10H2/b19-8-/t15-/m1/s1. The van der Waals surface area contributed by atoms with Crippen LogP contribution in [0.4, 0.5) is 13.2 Å². The lowest BCUT2D eigenvalue weighted by Crippen LogP contribution is -2.21. The maximum absolute atomic E-state index is 13.6. The fraction of sp³-hybridized carbons (Fsp3) is 0.0833. The van der Waals surface area contributed by atoms with E-state index in [4.69, 9.17) is 9.47 Å². The topological polar surface area (TPSA) is 72.8 Å². The van der Waals surface area contributed by atoms with Crippen molar-refractivity contribution >= 4 is 17.8 Å². The summed E-state index contributed by atoms with van der Waals surface area (Å²) in [7, 11) is 0. The molecule has 1 atom stereocenters. The van der Waals surface area contributed by atoms with Gasteiger partial charge in [0, 0.05) is 11.5 Å². The monoisotopic (exact) mass is 438 g/mol. The summed E-state index contributed by atoms with van der Waals surface area (Å²) in [5.41, 5.74) is 1.15. The molecule has 0 spiro atoms. The Morgan fingerprint density at radius 2 is 1.72 bits per heavy atom. The van der Waals surface area contributed by atoms with Gasteiger partial charge in [0.1, 0.15) is 17.2 Å². The SMILES string of the molecule is O=C1C[C@H](c2cccc(O)c2)c2c(ccc3c2O/C(=C\c2cc(F)c(F)c(F)c2)C3=O)O1. The van der Waals surface area contributed by atoms with E-state index in [1.807, 2.05) is 0 Å². The number of hydrogen-bond donors (Lipinski definition) is 1. The molecular weight excluding hydrogens is 425 g/mol. The van der Waals surface area contributed by atoms with Crippen molar-refractivity contribution in [2.45, 2.75) is 12.3 Å². The number of hydrogen-bond acceptors (Lipinski definition) is 5. The second-order valence-electron chi connectivity index (χ2n) is 7.42. The van der Waals surface area contributed by atoms with Crippen LogP contribution in [0.2, 0.25) is 0 Å². The highest BCUT2D eigenvalue weighted by Crippen LogP contribution is 2.49. The summed E-state index contributed by atoms with van der Waals surface area (Å²) in [6, 6.07) is 10.7. The maximum atomic E-state index is 13.6. The van der Waals surface area contributed by atoms with E-state index >= 15 is 0 Å². The molecule has 0 radical (unpaired) electrons. The molecule has 5 rings (SSSR count). The van der Waals surface area contributed by atoms with Gasteiger partial charge in [-0.2, -0.15) is 0 Å². The zero-order chi connectivity index (χ0) is 22.6. The Kier molecular flexibility index (Phi) is 4.51. The minimum absolute atomic E-state index is 0.00788. The van der Waals surface area contributed by atoms with Crippen molar-refractivity contribution < 1.29 is 37.3 Å². The molecule has 2 heterocycles. The molecule has 0 fully saturated rings. The van der Waals surface area contributed by atoms with Gasteiger partial charge < -0.3 is 14.6 Å². The second kappa shape index (κ2) is 7.26. The third-order valence-corrected chi connectivity index (χ3v) is 5.36. The summed E-state index contributed by atoms with van der Waals surface area (Å²) >= 11 is 0. The number of rotatable bonds is 2. The predicted octanol–water partition coefficient (Wildman–Crippen LogP) is 4.87. The Bertz CT molecular complexity index is 1320.